The molecule has 20 heavy (non-hydrogen) atoms. The Kier molecular flexibility index (Phi) is 5.31. The van der Waals surface area contributed by atoms with Crippen molar-refractivity contribution in [1.82, 2.24) is 0 Å². The van der Waals surface area contributed by atoms with Crippen LogP contribution < -0.4 is 5.32 Å². The average molecular weight is 314 g/mol. The largest absolute Gasteiger partial charge is 0.465 e. The first-order chi connectivity index (χ1) is 9.61. The fourth-order valence-corrected chi connectivity index (χ4v) is 3.39. The standard InChI is InChI=1S/C14H16ClNO3S/c1-19-14(18)9-5-6-10(15)11(8-9)16-13(17)12-4-2-3-7-20-12/h5-6,8,12H,2-4,7H2,1H3,(H,16,17). The summed E-state index contributed by atoms with van der Waals surface area (Å²) in [7, 11) is 1.31. The number of methoxy groups -OCH3 is 1. The number of carbonyl (C=O) groups is 2. The van der Waals surface area contributed by atoms with Crippen molar-refractivity contribution in [3.05, 3.63) is 28.8 Å². The van der Waals surface area contributed by atoms with Gasteiger partial charge in [-0.2, -0.15) is 0 Å². The molecule has 0 aliphatic carbocycles. The lowest BCUT2D eigenvalue weighted by molar-refractivity contribution is -0.115. The van der Waals surface area contributed by atoms with E-state index in [0.29, 0.717) is 16.3 Å². The summed E-state index contributed by atoms with van der Waals surface area (Å²) >= 11 is 7.72. The van der Waals surface area contributed by atoms with Crippen molar-refractivity contribution >= 4 is 40.9 Å². The lowest BCUT2D eigenvalue weighted by atomic mass is 10.1. The zero-order chi connectivity index (χ0) is 14.5. The number of benzene rings is 1. The summed E-state index contributed by atoms with van der Waals surface area (Å²) in [4.78, 5) is 23.6. The van der Waals surface area contributed by atoms with Crippen molar-refractivity contribution in [2.75, 3.05) is 18.2 Å². The van der Waals surface area contributed by atoms with E-state index >= 15 is 0 Å². The van der Waals surface area contributed by atoms with Gasteiger partial charge in [-0.25, -0.2) is 4.79 Å². The Bertz CT molecular complexity index is 515. The third kappa shape index (κ3) is 3.67. The lowest BCUT2D eigenvalue weighted by Gasteiger charge is -2.20. The van der Waals surface area contributed by atoms with Crippen LogP contribution in [0.15, 0.2) is 18.2 Å². The van der Waals surface area contributed by atoms with Crippen molar-refractivity contribution in [2.24, 2.45) is 0 Å². The molecule has 0 aromatic heterocycles. The Balaban J connectivity index is 2.11. The van der Waals surface area contributed by atoms with Gasteiger partial charge in [-0.15, -0.1) is 11.8 Å². The number of nitrogens with one attached hydrogen (secondary N) is 1. The Morgan fingerprint density at radius 2 is 2.20 bits per heavy atom. The predicted molar refractivity (Wildman–Crippen MR) is 81.5 cm³/mol. The van der Waals surface area contributed by atoms with Crippen LogP contribution in [-0.2, 0) is 9.53 Å². The fraction of sp³-hybridized carbons (Fsp3) is 0.429. The molecule has 1 amide bonds. The van der Waals surface area contributed by atoms with Gasteiger partial charge in [-0.1, -0.05) is 18.0 Å². The number of amides is 1. The maximum absolute atomic E-state index is 12.2. The highest BCUT2D eigenvalue weighted by atomic mass is 35.5. The number of thioether (sulfide) groups is 1. The molecule has 1 fully saturated rings. The molecular weight excluding hydrogens is 298 g/mol. The quantitative estimate of drug-likeness (QED) is 0.869. The third-order valence-electron chi connectivity index (χ3n) is 3.12. The monoisotopic (exact) mass is 313 g/mol. The van der Waals surface area contributed by atoms with E-state index in [1.165, 1.54) is 7.11 Å². The zero-order valence-corrected chi connectivity index (χ0v) is 12.7. The Hall–Kier alpha value is -1.20. The second-order valence-electron chi connectivity index (χ2n) is 4.53. The Labute approximate surface area is 127 Å². The maximum Gasteiger partial charge on any atom is 0.337 e. The minimum Gasteiger partial charge on any atom is -0.465 e. The molecular formula is C14H16ClNO3S. The van der Waals surface area contributed by atoms with Crippen LogP contribution in [0.2, 0.25) is 5.02 Å². The van der Waals surface area contributed by atoms with Gasteiger partial charge in [0.05, 0.1) is 28.6 Å². The van der Waals surface area contributed by atoms with Crippen molar-refractivity contribution in [1.29, 1.82) is 0 Å². The van der Waals surface area contributed by atoms with Gasteiger partial charge < -0.3 is 10.1 Å². The van der Waals surface area contributed by atoms with Crippen LogP contribution in [-0.4, -0.2) is 30.0 Å². The first kappa shape index (κ1) is 15.2. The number of hydrogen-bond acceptors (Lipinski definition) is 4. The van der Waals surface area contributed by atoms with E-state index in [2.05, 4.69) is 10.1 Å². The molecule has 1 aliphatic rings. The number of ether oxygens (including phenoxy) is 1. The molecule has 1 aromatic carbocycles. The van der Waals surface area contributed by atoms with Gasteiger partial charge in [0.1, 0.15) is 0 Å². The molecule has 1 saturated heterocycles. The van der Waals surface area contributed by atoms with Crippen LogP contribution in [0.25, 0.3) is 0 Å². The highest BCUT2D eigenvalue weighted by Gasteiger charge is 2.22. The molecule has 4 nitrogen and oxygen atoms in total. The van der Waals surface area contributed by atoms with Crippen molar-refractivity contribution in [3.8, 4) is 0 Å². The second kappa shape index (κ2) is 6.99. The van der Waals surface area contributed by atoms with E-state index in [9.17, 15) is 9.59 Å². The third-order valence-corrected chi connectivity index (χ3v) is 4.82. The van der Waals surface area contributed by atoms with Crippen LogP contribution >= 0.6 is 23.4 Å². The van der Waals surface area contributed by atoms with Crippen LogP contribution in [0.4, 0.5) is 5.69 Å². The van der Waals surface area contributed by atoms with Gasteiger partial charge in [0.25, 0.3) is 0 Å². The molecule has 0 bridgehead atoms. The average Bonchev–Trinajstić information content (AvgIpc) is 2.49. The number of hydrogen-bond donors (Lipinski definition) is 1. The van der Waals surface area contributed by atoms with Gasteiger partial charge in [-0.3, -0.25) is 4.79 Å². The van der Waals surface area contributed by atoms with E-state index in [0.717, 1.165) is 25.0 Å². The summed E-state index contributed by atoms with van der Waals surface area (Å²) in [6, 6.07) is 4.69. The van der Waals surface area contributed by atoms with E-state index in [1.807, 2.05) is 0 Å². The van der Waals surface area contributed by atoms with Gasteiger partial charge >= 0.3 is 5.97 Å². The molecule has 0 saturated carbocycles. The van der Waals surface area contributed by atoms with Gasteiger partial charge in [0.2, 0.25) is 5.91 Å². The molecule has 1 N–H and O–H groups in total. The number of rotatable bonds is 3. The minimum atomic E-state index is -0.454. The Morgan fingerprint density at radius 3 is 2.85 bits per heavy atom. The van der Waals surface area contributed by atoms with Crippen molar-refractivity contribution in [3.63, 3.8) is 0 Å². The summed E-state index contributed by atoms with van der Waals surface area (Å²) in [6.45, 7) is 0. The van der Waals surface area contributed by atoms with E-state index in [4.69, 9.17) is 11.6 Å². The Morgan fingerprint density at radius 1 is 1.40 bits per heavy atom. The normalized spacial score (nSPS) is 18.4. The van der Waals surface area contributed by atoms with E-state index in [-0.39, 0.29) is 11.2 Å². The highest BCUT2D eigenvalue weighted by molar-refractivity contribution is 8.00. The van der Waals surface area contributed by atoms with E-state index in [1.54, 1.807) is 30.0 Å². The first-order valence-electron chi connectivity index (χ1n) is 6.42. The molecule has 1 heterocycles. The fourth-order valence-electron chi connectivity index (χ4n) is 2.03. The molecule has 6 heteroatoms. The molecule has 0 radical (unpaired) electrons. The molecule has 2 rings (SSSR count). The SMILES string of the molecule is COC(=O)c1ccc(Cl)c(NC(=O)C2CCCCS2)c1. The number of halogens is 1. The zero-order valence-electron chi connectivity index (χ0n) is 11.1. The van der Waals surface area contributed by atoms with Crippen LogP contribution in [0, 0.1) is 0 Å². The molecule has 1 atom stereocenters. The van der Waals surface area contributed by atoms with Crippen molar-refractivity contribution in [2.45, 2.75) is 24.5 Å². The topological polar surface area (TPSA) is 55.4 Å². The second-order valence-corrected chi connectivity index (χ2v) is 6.25. The molecule has 1 aromatic rings. The van der Waals surface area contributed by atoms with E-state index < -0.39 is 5.97 Å². The number of anilines is 1. The number of esters is 1. The summed E-state index contributed by atoms with van der Waals surface area (Å²) < 4.78 is 4.65. The van der Waals surface area contributed by atoms with Crippen LogP contribution in [0.3, 0.4) is 0 Å². The number of carbonyl (C=O) groups excluding carboxylic acids is 2. The summed E-state index contributed by atoms with van der Waals surface area (Å²) in [5.41, 5.74) is 0.814. The summed E-state index contributed by atoms with van der Waals surface area (Å²) in [5.74, 6) is 0.497. The maximum atomic E-state index is 12.2. The van der Waals surface area contributed by atoms with Crippen LogP contribution in [0.1, 0.15) is 29.6 Å². The molecule has 108 valence electrons. The van der Waals surface area contributed by atoms with Gasteiger partial charge in [-0.05, 0) is 36.8 Å². The predicted octanol–water partition coefficient (Wildman–Crippen LogP) is 3.35. The van der Waals surface area contributed by atoms with Crippen LogP contribution in [0.5, 0.6) is 0 Å². The van der Waals surface area contributed by atoms with Crippen molar-refractivity contribution < 1.29 is 14.3 Å². The summed E-state index contributed by atoms with van der Waals surface area (Å²) in [6.07, 6.45) is 3.11. The first-order valence-corrected chi connectivity index (χ1v) is 7.85. The molecule has 1 aliphatic heterocycles. The van der Waals surface area contributed by atoms with Gasteiger partial charge in [0.15, 0.2) is 0 Å². The molecule has 0 spiro atoms. The lowest BCUT2D eigenvalue weighted by Crippen LogP contribution is -2.27. The molecule has 1 unspecified atom stereocenters. The van der Waals surface area contributed by atoms with Gasteiger partial charge in [0, 0.05) is 0 Å². The highest BCUT2D eigenvalue weighted by Crippen LogP contribution is 2.28. The smallest absolute Gasteiger partial charge is 0.337 e. The minimum absolute atomic E-state index is 0.0402. The summed E-state index contributed by atoms with van der Waals surface area (Å²) in [5, 5.41) is 3.17.